The summed E-state index contributed by atoms with van der Waals surface area (Å²) in [7, 11) is 0. The van der Waals surface area contributed by atoms with E-state index >= 15 is 0 Å². The molecule has 0 N–H and O–H groups in total. The largest absolute Gasteiger partial charge is 0.465 e. The maximum atomic E-state index is 12.8. The van der Waals surface area contributed by atoms with Gasteiger partial charge < -0.3 is 4.74 Å². The Hall–Kier alpha value is -1.38. The van der Waals surface area contributed by atoms with Crippen LogP contribution in [0.4, 0.5) is 4.39 Å². The van der Waals surface area contributed by atoms with Crippen molar-refractivity contribution in [1.82, 2.24) is 0 Å². The topological polar surface area (TPSA) is 26.3 Å². The Balaban J connectivity index is 2.13. The summed E-state index contributed by atoms with van der Waals surface area (Å²) < 4.78 is 18.0. The second-order valence-electron chi connectivity index (χ2n) is 4.22. The van der Waals surface area contributed by atoms with E-state index in [1.165, 1.54) is 12.1 Å². The summed E-state index contributed by atoms with van der Waals surface area (Å²) in [6.45, 7) is 2.42. The van der Waals surface area contributed by atoms with Crippen molar-refractivity contribution in [3.8, 4) is 0 Å². The number of carbonyl (C=O) groups excluding carboxylic acids is 1. The van der Waals surface area contributed by atoms with Crippen LogP contribution in [0.1, 0.15) is 31.7 Å². The molecule has 1 aromatic rings. The van der Waals surface area contributed by atoms with Crippen molar-refractivity contribution < 1.29 is 13.9 Å². The second kappa shape index (κ2) is 4.24. The normalized spacial score (nSPS) is 16.9. The average Bonchev–Trinajstić information content (AvgIpc) is 3.08. The molecule has 0 heterocycles. The van der Waals surface area contributed by atoms with E-state index in [-0.39, 0.29) is 11.8 Å². The lowest BCUT2D eigenvalue weighted by atomic mass is 9.96. The number of hydrogen-bond donors (Lipinski definition) is 0. The molecule has 3 heteroatoms. The summed E-state index contributed by atoms with van der Waals surface area (Å²) in [4.78, 5) is 11.9. The standard InChI is InChI=1S/C13H15FO2/c1-2-9-16-12(15)13(7-8-13)10-3-5-11(14)6-4-10/h3-6H,2,7-9H2,1H3. The molecule has 0 unspecified atom stereocenters. The summed E-state index contributed by atoms with van der Waals surface area (Å²) >= 11 is 0. The van der Waals surface area contributed by atoms with E-state index in [1.54, 1.807) is 12.1 Å². The van der Waals surface area contributed by atoms with Crippen LogP contribution in [0.25, 0.3) is 0 Å². The van der Waals surface area contributed by atoms with Crippen LogP contribution in [0.2, 0.25) is 0 Å². The van der Waals surface area contributed by atoms with Crippen LogP contribution < -0.4 is 0 Å². The van der Waals surface area contributed by atoms with E-state index < -0.39 is 5.41 Å². The summed E-state index contributed by atoms with van der Waals surface area (Å²) in [5.41, 5.74) is 0.387. The number of rotatable bonds is 4. The first-order valence-corrected chi connectivity index (χ1v) is 5.62. The Morgan fingerprint density at radius 3 is 2.50 bits per heavy atom. The molecule has 0 atom stereocenters. The lowest BCUT2D eigenvalue weighted by Crippen LogP contribution is -2.23. The maximum Gasteiger partial charge on any atom is 0.316 e. The Morgan fingerprint density at radius 1 is 1.38 bits per heavy atom. The zero-order chi connectivity index (χ0) is 11.6. The highest BCUT2D eigenvalue weighted by atomic mass is 19.1. The first-order valence-electron chi connectivity index (χ1n) is 5.62. The van der Waals surface area contributed by atoms with Crippen LogP contribution >= 0.6 is 0 Å². The molecule has 0 aliphatic heterocycles. The molecule has 0 spiro atoms. The van der Waals surface area contributed by atoms with Gasteiger partial charge in [0.2, 0.25) is 0 Å². The number of hydrogen-bond acceptors (Lipinski definition) is 2. The molecule has 0 saturated heterocycles. The van der Waals surface area contributed by atoms with Crippen LogP contribution in [0.3, 0.4) is 0 Å². The highest BCUT2D eigenvalue weighted by molar-refractivity contribution is 5.86. The fraction of sp³-hybridized carbons (Fsp3) is 0.462. The van der Waals surface area contributed by atoms with Crippen molar-refractivity contribution in [2.24, 2.45) is 0 Å². The number of halogens is 1. The minimum Gasteiger partial charge on any atom is -0.465 e. The predicted octanol–water partition coefficient (Wildman–Crippen LogP) is 2.81. The van der Waals surface area contributed by atoms with Gasteiger partial charge >= 0.3 is 5.97 Å². The lowest BCUT2D eigenvalue weighted by molar-refractivity contribution is -0.146. The minimum absolute atomic E-state index is 0.166. The molecule has 86 valence electrons. The molecule has 1 fully saturated rings. The number of esters is 1. The van der Waals surface area contributed by atoms with Gasteiger partial charge in [-0.15, -0.1) is 0 Å². The van der Waals surface area contributed by atoms with Gasteiger partial charge in [0.1, 0.15) is 5.82 Å². The molecule has 2 rings (SSSR count). The molecule has 0 amide bonds. The highest BCUT2D eigenvalue weighted by Crippen LogP contribution is 2.49. The predicted molar refractivity (Wildman–Crippen MR) is 58.6 cm³/mol. The number of carbonyl (C=O) groups is 1. The first kappa shape index (κ1) is 11.1. The third-order valence-electron chi connectivity index (χ3n) is 2.97. The Kier molecular flexibility index (Phi) is 2.95. The first-order chi connectivity index (χ1) is 7.69. The van der Waals surface area contributed by atoms with E-state index in [4.69, 9.17) is 4.74 Å². The Bertz CT molecular complexity index is 379. The fourth-order valence-electron chi connectivity index (χ4n) is 1.84. The third-order valence-corrected chi connectivity index (χ3v) is 2.97. The molecular formula is C13H15FO2. The van der Waals surface area contributed by atoms with Gasteiger partial charge in [-0.3, -0.25) is 4.79 Å². The molecular weight excluding hydrogens is 207 g/mol. The second-order valence-corrected chi connectivity index (χ2v) is 4.22. The molecule has 1 saturated carbocycles. The zero-order valence-electron chi connectivity index (χ0n) is 9.33. The Labute approximate surface area is 94.4 Å². The van der Waals surface area contributed by atoms with Gasteiger partial charge in [-0.1, -0.05) is 19.1 Å². The van der Waals surface area contributed by atoms with Crippen molar-refractivity contribution in [2.75, 3.05) is 6.61 Å². The van der Waals surface area contributed by atoms with Gasteiger partial charge in [-0.25, -0.2) is 4.39 Å². The molecule has 0 bridgehead atoms. The van der Waals surface area contributed by atoms with Crippen molar-refractivity contribution in [3.05, 3.63) is 35.6 Å². The van der Waals surface area contributed by atoms with E-state index in [0.717, 1.165) is 24.8 Å². The fourth-order valence-corrected chi connectivity index (χ4v) is 1.84. The molecule has 1 aliphatic carbocycles. The summed E-state index contributed by atoms with van der Waals surface area (Å²) in [5, 5.41) is 0. The van der Waals surface area contributed by atoms with Crippen molar-refractivity contribution in [2.45, 2.75) is 31.6 Å². The minimum atomic E-state index is -0.483. The van der Waals surface area contributed by atoms with Gasteiger partial charge in [0.25, 0.3) is 0 Å². The molecule has 0 radical (unpaired) electrons. The smallest absolute Gasteiger partial charge is 0.316 e. The summed E-state index contributed by atoms with van der Waals surface area (Å²) in [5.74, 6) is -0.442. The number of benzene rings is 1. The molecule has 2 nitrogen and oxygen atoms in total. The van der Waals surface area contributed by atoms with E-state index in [0.29, 0.717) is 6.61 Å². The van der Waals surface area contributed by atoms with Crippen LogP contribution in [0, 0.1) is 5.82 Å². The summed E-state index contributed by atoms with van der Waals surface area (Å²) in [6, 6.07) is 6.14. The van der Waals surface area contributed by atoms with Crippen molar-refractivity contribution in [1.29, 1.82) is 0 Å². The molecule has 16 heavy (non-hydrogen) atoms. The van der Waals surface area contributed by atoms with E-state index in [2.05, 4.69) is 0 Å². The zero-order valence-corrected chi connectivity index (χ0v) is 9.33. The maximum absolute atomic E-state index is 12.8. The van der Waals surface area contributed by atoms with E-state index in [9.17, 15) is 9.18 Å². The number of ether oxygens (including phenoxy) is 1. The Morgan fingerprint density at radius 2 is 2.00 bits per heavy atom. The monoisotopic (exact) mass is 222 g/mol. The van der Waals surface area contributed by atoms with Gasteiger partial charge in [-0.2, -0.15) is 0 Å². The van der Waals surface area contributed by atoms with Gasteiger partial charge in [0.05, 0.1) is 12.0 Å². The van der Waals surface area contributed by atoms with Gasteiger partial charge in [0, 0.05) is 0 Å². The third kappa shape index (κ3) is 1.94. The molecule has 0 aromatic heterocycles. The van der Waals surface area contributed by atoms with Crippen LogP contribution in [-0.2, 0) is 14.9 Å². The van der Waals surface area contributed by atoms with Crippen molar-refractivity contribution >= 4 is 5.97 Å². The molecule has 1 aromatic carbocycles. The SMILES string of the molecule is CCCOC(=O)C1(c2ccc(F)cc2)CC1. The van der Waals surface area contributed by atoms with E-state index in [1.807, 2.05) is 6.92 Å². The average molecular weight is 222 g/mol. The lowest BCUT2D eigenvalue weighted by Gasteiger charge is -2.14. The van der Waals surface area contributed by atoms with Crippen LogP contribution in [0.15, 0.2) is 24.3 Å². The van der Waals surface area contributed by atoms with Crippen LogP contribution in [-0.4, -0.2) is 12.6 Å². The summed E-state index contributed by atoms with van der Waals surface area (Å²) in [6.07, 6.45) is 2.44. The van der Waals surface area contributed by atoms with Gasteiger partial charge in [0.15, 0.2) is 0 Å². The van der Waals surface area contributed by atoms with Crippen molar-refractivity contribution in [3.63, 3.8) is 0 Å². The van der Waals surface area contributed by atoms with Gasteiger partial charge in [-0.05, 0) is 37.0 Å². The highest BCUT2D eigenvalue weighted by Gasteiger charge is 2.52. The molecule has 1 aliphatic rings. The van der Waals surface area contributed by atoms with Crippen LogP contribution in [0.5, 0.6) is 0 Å². The quantitative estimate of drug-likeness (QED) is 0.732.